The van der Waals surface area contributed by atoms with Gasteiger partial charge in [0.15, 0.2) is 0 Å². The Hall–Kier alpha value is -1.88. The summed E-state index contributed by atoms with van der Waals surface area (Å²) in [7, 11) is 0. The van der Waals surface area contributed by atoms with Crippen LogP contribution in [-0.2, 0) is 0 Å². The van der Waals surface area contributed by atoms with Gasteiger partial charge in [0, 0.05) is 18.2 Å². The maximum absolute atomic E-state index is 6.02. The smallest absolute Gasteiger partial charge is 0.233 e. The van der Waals surface area contributed by atoms with E-state index in [9.17, 15) is 0 Å². The van der Waals surface area contributed by atoms with Gasteiger partial charge in [-0.15, -0.1) is 10.2 Å². The molecule has 1 atom stereocenters. The first-order chi connectivity index (χ1) is 9.88. The molecule has 3 aliphatic heterocycles. The molecular formula is C15H17N3O2. The molecule has 1 unspecified atom stereocenters. The molecule has 2 aromatic heterocycles. The fourth-order valence-electron chi connectivity index (χ4n) is 3.15. The van der Waals surface area contributed by atoms with Crippen LogP contribution in [0.25, 0.3) is 11.3 Å². The summed E-state index contributed by atoms with van der Waals surface area (Å²) >= 11 is 0. The van der Waals surface area contributed by atoms with Crippen molar-refractivity contribution in [3.8, 4) is 17.1 Å². The van der Waals surface area contributed by atoms with Crippen LogP contribution in [-0.4, -0.2) is 40.8 Å². The van der Waals surface area contributed by atoms with Gasteiger partial charge in [0.1, 0.15) is 6.10 Å². The van der Waals surface area contributed by atoms with Crippen molar-refractivity contribution >= 4 is 0 Å². The van der Waals surface area contributed by atoms with Crippen molar-refractivity contribution in [1.29, 1.82) is 0 Å². The normalized spacial score (nSPS) is 28.5. The lowest BCUT2D eigenvalue weighted by atomic mass is 9.86. The second-order valence-electron chi connectivity index (χ2n) is 5.56. The van der Waals surface area contributed by atoms with E-state index in [0.717, 1.165) is 17.8 Å². The Morgan fingerprint density at radius 1 is 1.15 bits per heavy atom. The highest BCUT2D eigenvalue weighted by atomic mass is 16.5. The van der Waals surface area contributed by atoms with E-state index in [1.165, 1.54) is 25.9 Å². The number of fused-ring (bicyclic) bond motifs is 3. The lowest BCUT2D eigenvalue weighted by Gasteiger charge is -2.44. The molecule has 20 heavy (non-hydrogen) atoms. The highest BCUT2D eigenvalue weighted by molar-refractivity contribution is 5.56. The SMILES string of the molecule is c1cc(-c2ccc(OC3CN4CCC3CC4)nn2)co1. The lowest BCUT2D eigenvalue weighted by molar-refractivity contribution is -0.0103. The van der Waals surface area contributed by atoms with E-state index in [1.807, 2.05) is 18.2 Å². The average Bonchev–Trinajstić information content (AvgIpc) is 3.04. The molecule has 2 bridgehead atoms. The van der Waals surface area contributed by atoms with Crippen LogP contribution in [0.4, 0.5) is 0 Å². The molecule has 0 radical (unpaired) electrons. The number of ether oxygens (including phenoxy) is 1. The first-order valence-corrected chi connectivity index (χ1v) is 7.14. The van der Waals surface area contributed by atoms with E-state index in [-0.39, 0.29) is 6.10 Å². The van der Waals surface area contributed by atoms with E-state index >= 15 is 0 Å². The largest absolute Gasteiger partial charge is 0.472 e. The van der Waals surface area contributed by atoms with Gasteiger partial charge in [-0.1, -0.05) is 0 Å². The molecular weight excluding hydrogens is 254 g/mol. The summed E-state index contributed by atoms with van der Waals surface area (Å²) in [5, 5.41) is 8.38. The molecule has 5 heterocycles. The van der Waals surface area contributed by atoms with Crippen LogP contribution in [0.2, 0.25) is 0 Å². The highest BCUT2D eigenvalue weighted by Gasteiger charge is 2.35. The highest BCUT2D eigenvalue weighted by Crippen LogP contribution is 2.30. The second-order valence-corrected chi connectivity index (χ2v) is 5.56. The lowest BCUT2D eigenvalue weighted by Crippen LogP contribution is -2.52. The summed E-state index contributed by atoms with van der Waals surface area (Å²) in [6.45, 7) is 3.46. The van der Waals surface area contributed by atoms with Crippen LogP contribution in [0, 0.1) is 5.92 Å². The minimum absolute atomic E-state index is 0.270. The van der Waals surface area contributed by atoms with E-state index < -0.39 is 0 Å². The zero-order valence-corrected chi connectivity index (χ0v) is 11.2. The minimum atomic E-state index is 0.270. The van der Waals surface area contributed by atoms with Crippen molar-refractivity contribution in [3.63, 3.8) is 0 Å². The quantitative estimate of drug-likeness (QED) is 0.856. The van der Waals surface area contributed by atoms with E-state index in [1.54, 1.807) is 12.5 Å². The fourth-order valence-corrected chi connectivity index (χ4v) is 3.15. The molecule has 104 valence electrons. The standard InChI is InChI=1S/C15H17N3O2/c1-2-15(17-16-13(1)12-5-8-19-10-12)20-14-9-18-6-3-11(14)4-7-18/h1-2,5,8,10-11,14H,3-4,6-7,9H2. The first-order valence-electron chi connectivity index (χ1n) is 7.14. The van der Waals surface area contributed by atoms with Crippen LogP contribution >= 0.6 is 0 Å². The Morgan fingerprint density at radius 3 is 2.65 bits per heavy atom. The number of furan rings is 1. The molecule has 3 aliphatic rings. The van der Waals surface area contributed by atoms with Crippen molar-refractivity contribution in [2.24, 2.45) is 5.92 Å². The number of hydrogen-bond donors (Lipinski definition) is 0. The van der Waals surface area contributed by atoms with Gasteiger partial charge in [0.2, 0.25) is 5.88 Å². The van der Waals surface area contributed by atoms with Crippen LogP contribution < -0.4 is 4.74 Å². The Bertz CT molecular complexity index is 559. The van der Waals surface area contributed by atoms with Crippen molar-refractivity contribution < 1.29 is 9.15 Å². The summed E-state index contributed by atoms with van der Waals surface area (Å²) in [4.78, 5) is 2.47. The molecule has 5 nitrogen and oxygen atoms in total. The Kier molecular flexibility index (Phi) is 2.92. The van der Waals surface area contributed by atoms with Gasteiger partial charge in [-0.3, -0.25) is 4.90 Å². The third-order valence-electron chi connectivity index (χ3n) is 4.33. The predicted molar refractivity (Wildman–Crippen MR) is 73.3 cm³/mol. The predicted octanol–water partition coefficient (Wildman–Crippen LogP) is 2.21. The molecule has 2 aromatic rings. The Morgan fingerprint density at radius 2 is 2.05 bits per heavy atom. The third-order valence-corrected chi connectivity index (χ3v) is 4.33. The van der Waals surface area contributed by atoms with Crippen molar-refractivity contribution in [3.05, 3.63) is 30.7 Å². The Labute approximate surface area is 117 Å². The fraction of sp³-hybridized carbons (Fsp3) is 0.467. The van der Waals surface area contributed by atoms with Crippen molar-refractivity contribution in [1.82, 2.24) is 15.1 Å². The van der Waals surface area contributed by atoms with Crippen LogP contribution in [0.1, 0.15) is 12.8 Å². The molecule has 3 saturated heterocycles. The summed E-state index contributed by atoms with van der Waals surface area (Å²) < 4.78 is 11.1. The van der Waals surface area contributed by atoms with Gasteiger partial charge < -0.3 is 9.15 Å². The molecule has 0 N–H and O–H groups in total. The molecule has 5 rings (SSSR count). The van der Waals surface area contributed by atoms with Gasteiger partial charge in [-0.05, 0) is 44.0 Å². The molecule has 0 saturated carbocycles. The summed E-state index contributed by atoms with van der Waals surface area (Å²) in [5.41, 5.74) is 1.74. The average molecular weight is 271 g/mol. The maximum Gasteiger partial charge on any atom is 0.233 e. The molecule has 0 aliphatic carbocycles. The van der Waals surface area contributed by atoms with Crippen LogP contribution in [0.15, 0.2) is 35.1 Å². The van der Waals surface area contributed by atoms with Crippen LogP contribution in [0.5, 0.6) is 5.88 Å². The van der Waals surface area contributed by atoms with Gasteiger partial charge in [0.25, 0.3) is 0 Å². The summed E-state index contributed by atoms with van der Waals surface area (Å²) in [6.07, 6.45) is 6.05. The van der Waals surface area contributed by atoms with Gasteiger partial charge in [-0.2, -0.15) is 0 Å². The topological polar surface area (TPSA) is 51.4 Å². The van der Waals surface area contributed by atoms with E-state index in [0.29, 0.717) is 11.8 Å². The number of piperidine rings is 3. The Balaban J connectivity index is 1.47. The third kappa shape index (κ3) is 2.18. The molecule has 0 spiro atoms. The van der Waals surface area contributed by atoms with Crippen LogP contribution in [0.3, 0.4) is 0 Å². The maximum atomic E-state index is 6.02. The number of rotatable bonds is 3. The van der Waals surface area contributed by atoms with E-state index in [4.69, 9.17) is 9.15 Å². The molecule has 0 aromatic carbocycles. The van der Waals surface area contributed by atoms with Gasteiger partial charge >= 0.3 is 0 Å². The summed E-state index contributed by atoms with van der Waals surface area (Å²) in [5.74, 6) is 1.30. The van der Waals surface area contributed by atoms with Crippen molar-refractivity contribution in [2.75, 3.05) is 19.6 Å². The van der Waals surface area contributed by atoms with Crippen molar-refractivity contribution in [2.45, 2.75) is 18.9 Å². The summed E-state index contributed by atoms with van der Waals surface area (Å²) in [6, 6.07) is 5.69. The number of nitrogens with zero attached hydrogens (tertiary/aromatic N) is 3. The monoisotopic (exact) mass is 271 g/mol. The van der Waals surface area contributed by atoms with Gasteiger partial charge in [0.05, 0.1) is 18.2 Å². The second kappa shape index (κ2) is 4.90. The molecule has 3 fully saturated rings. The van der Waals surface area contributed by atoms with E-state index in [2.05, 4.69) is 15.1 Å². The van der Waals surface area contributed by atoms with Gasteiger partial charge in [-0.25, -0.2) is 0 Å². The zero-order chi connectivity index (χ0) is 13.4. The number of hydrogen-bond acceptors (Lipinski definition) is 5. The minimum Gasteiger partial charge on any atom is -0.472 e. The zero-order valence-electron chi connectivity index (χ0n) is 11.2. The molecule has 5 heteroatoms. The number of aromatic nitrogens is 2. The first kappa shape index (κ1) is 11.9. The molecule has 0 amide bonds.